The van der Waals surface area contributed by atoms with Gasteiger partial charge < -0.3 is 14.6 Å². The zero-order valence-electron chi connectivity index (χ0n) is 22.8. The Morgan fingerprint density at radius 3 is 2.30 bits per heavy atom. The summed E-state index contributed by atoms with van der Waals surface area (Å²) in [4.78, 5) is 0. The summed E-state index contributed by atoms with van der Waals surface area (Å²) in [5.74, 6) is -4.02. The van der Waals surface area contributed by atoms with E-state index < -0.39 is 29.4 Å². The van der Waals surface area contributed by atoms with Crippen LogP contribution in [0.1, 0.15) is 80.6 Å². The minimum Gasteiger partial charge on any atom is -0.490 e. The summed E-state index contributed by atoms with van der Waals surface area (Å²) in [5, 5.41) is 10.1. The first-order valence-electron chi connectivity index (χ1n) is 13.9. The van der Waals surface area contributed by atoms with Crippen molar-refractivity contribution in [1.29, 1.82) is 0 Å². The summed E-state index contributed by atoms with van der Waals surface area (Å²) in [6.45, 7) is 5.71. The third-order valence-corrected chi connectivity index (χ3v) is 7.58. The number of aliphatic hydroxyl groups is 1. The van der Waals surface area contributed by atoms with Gasteiger partial charge in [-0.05, 0) is 67.2 Å². The normalized spacial score (nSPS) is 17.9. The van der Waals surface area contributed by atoms with E-state index in [9.17, 15) is 22.7 Å². The summed E-state index contributed by atoms with van der Waals surface area (Å²) in [7, 11) is 0. The average Bonchev–Trinajstić information content (AvgIpc) is 2.97. The standard InChI is InChI=1S/C33H36F4O3/c1-3-5-19-39-29-18-17-27(32(36)33(29)37)22-11-14-25(15-12-22)40-20-24-13-16-26(31(35)30(24)34)21-7-9-23(10-8-21)28(38)6-4-2/h3,7-10,13,16-18,22,25,28,38H,1,4-6,11-12,14-15,19-20H2,2H3. The lowest BCUT2D eigenvalue weighted by Crippen LogP contribution is -2.21. The number of benzene rings is 3. The lowest BCUT2D eigenvalue weighted by Gasteiger charge is -2.29. The van der Waals surface area contributed by atoms with Crippen LogP contribution in [0.2, 0.25) is 0 Å². The Kier molecular flexibility index (Phi) is 10.4. The minimum absolute atomic E-state index is 0.0831. The monoisotopic (exact) mass is 556 g/mol. The molecule has 7 heteroatoms. The van der Waals surface area contributed by atoms with Gasteiger partial charge in [-0.25, -0.2) is 13.2 Å². The van der Waals surface area contributed by atoms with E-state index in [1.165, 1.54) is 18.2 Å². The van der Waals surface area contributed by atoms with Crippen molar-refractivity contribution in [3.8, 4) is 16.9 Å². The second-order valence-electron chi connectivity index (χ2n) is 10.3. The van der Waals surface area contributed by atoms with Crippen molar-refractivity contribution in [1.82, 2.24) is 0 Å². The van der Waals surface area contributed by atoms with Gasteiger partial charge in [0.1, 0.15) is 0 Å². The molecule has 3 aromatic carbocycles. The van der Waals surface area contributed by atoms with Crippen LogP contribution in [-0.4, -0.2) is 17.8 Å². The third kappa shape index (κ3) is 6.94. The molecule has 0 saturated heterocycles. The van der Waals surface area contributed by atoms with Crippen molar-refractivity contribution < 1.29 is 32.1 Å². The van der Waals surface area contributed by atoms with Gasteiger partial charge in [0.25, 0.3) is 0 Å². The highest BCUT2D eigenvalue weighted by atomic mass is 19.2. The first-order chi connectivity index (χ1) is 19.3. The van der Waals surface area contributed by atoms with E-state index in [-0.39, 0.29) is 42.1 Å². The molecule has 3 aromatic rings. The quantitative estimate of drug-likeness (QED) is 0.138. The summed E-state index contributed by atoms with van der Waals surface area (Å²) in [6.07, 6.45) is 5.27. The maximum atomic E-state index is 15.0. The van der Waals surface area contributed by atoms with Crippen molar-refractivity contribution in [2.24, 2.45) is 0 Å². The zero-order valence-corrected chi connectivity index (χ0v) is 22.8. The second kappa shape index (κ2) is 14.0. The first kappa shape index (κ1) is 29.8. The van der Waals surface area contributed by atoms with Crippen LogP contribution in [0.4, 0.5) is 17.6 Å². The number of halogens is 4. The lowest BCUT2D eigenvalue weighted by molar-refractivity contribution is 0.0116. The van der Waals surface area contributed by atoms with E-state index in [0.717, 1.165) is 12.0 Å². The van der Waals surface area contributed by atoms with E-state index in [2.05, 4.69) is 6.58 Å². The molecule has 4 rings (SSSR count). The number of hydrogen-bond donors (Lipinski definition) is 1. The van der Waals surface area contributed by atoms with E-state index in [4.69, 9.17) is 9.47 Å². The molecule has 40 heavy (non-hydrogen) atoms. The largest absolute Gasteiger partial charge is 0.490 e. The van der Waals surface area contributed by atoms with Crippen LogP contribution in [0.25, 0.3) is 11.1 Å². The van der Waals surface area contributed by atoms with Gasteiger partial charge in [0.15, 0.2) is 23.2 Å². The molecule has 1 fully saturated rings. The Morgan fingerprint density at radius 1 is 0.900 bits per heavy atom. The van der Waals surface area contributed by atoms with Crippen LogP contribution in [0, 0.1) is 23.3 Å². The van der Waals surface area contributed by atoms with Crippen molar-refractivity contribution in [2.75, 3.05) is 6.61 Å². The summed E-state index contributed by atoms with van der Waals surface area (Å²) < 4.78 is 70.3. The smallest absolute Gasteiger partial charge is 0.200 e. The molecule has 0 amide bonds. The van der Waals surface area contributed by atoms with Gasteiger partial charge in [-0.2, -0.15) is 4.39 Å². The van der Waals surface area contributed by atoms with Gasteiger partial charge in [0.05, 0.1) is 25.4 Å². The third-order valence-electron chi connectivity index (χ3n) is 7.58. The molecule has 1 aliphatic carbocycles. The highest BCUT2D eigenvalue weighted by molar-refractivity contribution is 5.65. The predicted molar refractivity (Wildman–Crippen MR) is 148 cm³/mol. The fourth-order valence-electron chi connectivity index (χ4n) is 5.22. The first-order valence-corrected chi connectivity index (χ1v) is 13.9. The molecule has 1 unspecified atom stereocenters. The number of hydrogen-bond acceptors (Lipinski definition) is 3. The Bertz CT molecular complexity index is 1280. The molecule has 0 radical (unpaired) electrons. The Balaban J connectivity index is 1.33. The van der Waals surface area contributed by atoms with Gasteiger partial charge in [-0.3, -0.25) is 0 Å². The molecule has 1 aliphatic rings. The fourth-order valence-corrected chi connectivity index (χ4v) is 5.22. The summed E-state index contributed by atoms with van der Waals surface area (Å²) in [6, 6.07) is 12.9. The van der Waals surface area contributed by atoms with E-state index in [1.807, 2.05) is 6.92 Å². The molecule has 1 N–H and O–H groups in total. The van der Waals surface area contributed by atoms with Crippen LogP contribution in [0.15, 0.2) is 61.2 Å². The SMILES string of the molecule is C=CCCOc1ccc(C2CCC(OCc3ccc(-c4ccc(C(O)CCC)cc4)c(F)c3F)CC2)c(F)c1F. The molecule has 0 bridgehead atoms. The Hall–Kier alpha value is -3.16. The molecule has 0 spiro atoms. The molecule has 0 aromatic heterocycles. The molecule has 1 atom stereocenters. The van der Waals surface area contributed by atoms with Crippen LogP contribution < -0.4 is 4.74 Å². The summed E-state index contributed by atoms with van der Waals surface area (Å²) in [5.41, 5.74) is 1.85. The molecule has 0 heterocycles. The highest BCUT2D eigenvalue weighted by Crippen LogP contribution is 2.38. The maximum absolute atomic E-state index is 15.0. The van der Waals surface area contributed by atoms with Gasteiger partial charge in [0, 0.05) is 11.1 Å². The average molecular weight is 557 g/mol. The topological polar surface area (TPSA) is 38.7 Å². The van der Waals surface area contributed by atoms with Crippen LogP contribution >= 0.6 is 0 Å². The Morgan fingerprint density at radius 2 is 1.62 bits per heavy atom. The van der Waals surface area contributed by atoms with E-state index in [0.29, 0.717) is 49.7 Å². The molecule has 1 saturated carbocycles. The molecule has 3 nitrogen and oxygen atoms in total. The number of aliphatic hydroxyl groups excluding tert-OH is 1. The van der Waals surface area contributed by atoms with E-state index in [1.54, 1.807) is 36.4 Å². The predicted octanol–water partition coefficient (Wildman–Crippen LogP) is 8.94. The second-order valence-corrected chi connectivity index (χ2v) is 10.3. The molecular weight excluding hydrogens is 520 g/mol. The lowest BCUT2D eigenvalue weighted by atomic mass is 9.82. The number of ether oxygens (including phenoxy) is 2. The van der Waals surface area contributed by atoms with Crippen LogP contribution in [0.3, 0.4) is 0 Å². The highest BCUT2D eigenvalue weighted by Gasteiger charge is 2.27. The van der Waals surface area contributed by atoms with Crippen LogP contribution in [0.5, 0.6) is 5.75 Å². The van der Waals surface area contributed by atoms with Crippen LogP contribution in [-0.2, 0) is 11.3 Å². The molecular formula is C33H36F4O3. The molecule has 0 aliphatic heterocycles. The van der Waals surface area contributed by atoms with Gasteiger partial charge >= 0.3 is 0 Å². The fraction of sp³-hybridized carbons (Fsp3) is 0.394. The van der Waals surface area contributed by atoms with Gasteiger partial charge in [-0.1, -0.05) is 61.9 Å². The Labute approximate surface area is 233 Å². The number of rotatable bonds is 12. The van der Waals surface area contributed by atoms with Gasteiger partial charge in [-0.15, -0.1) is 6.58 Å². The van der Waals surface area contributed by atoms with E-state index >= 15 is 0 Å². The zero-order chi connectivity index (χ0) is 28.6. The van der Waals surface area contributed by atoms with Crippen molar-refractivity contribution >= 4 is 0 Å². The minimum atomic E-state index is -0.981. The van der Waals surface area contributed by atoms with Crippen molar-refractivity contribution in [2.45, 2.75) is 76.6 Å². The van der Waals surface area contributed by atoms with Gasteiger partial charge in [0.2, 0.25) is 5.82 Å². The maximum Gasteiger partial charge on any atom is 0.200 e. The molecule has 214 valence electrons. The van der Waals surface area contributed by atoms with Crippen molar-refractivity contribution in [3.05, 3.63) is 101 Å². The van der Waals surface area contributed by atoms with Crippen molar-refractivity contribution in [3.63, 3.8) is 0 Å². The summed E-state index contributed by atoms with van der Waals surface area (Å²) >= 11 is 0.